The standard InChI is InChI=1S/C23H31BrN2O2/c24-23-11-18-8-19(12-23)10-22(9-18,16-23)21(27)25-13-20-15-26(6-7-28-20)14-17-4-2-1-3-5-17/h1-5,18-20H,6-16H2,(H,25,27). The van der Waals surface area contributed by atoms with Crippen molar-refractivity contribution in [2.75, 3.05) is 26.2 Å². The molecule has 5 aliphatic rings. The molecule has 0 radical (unpaired) electrons. The molecule has 28 heavy (non-hydrogen) atoms. The highest BCUT2D eigenvalue weighted by Gasteiger charge is 2.59. The summed E-state index contributed by atoms with van der Waals surface area (Å²) in [5.74, 6) is 1.76. The lowest BCUT2D eigenvalue weighted by Crippen LogP contribution is -2.59. The molecule has 4 saturated carbocycles. The van der Waals surface area contributed by atoms with E-state index < -0.39 is 0 Å². The van der Waals surface area contributed by atoms with Crippen LogP contribution in [-0.2, 0) is 16.1 Å². The number of carbonyl (C=O) groups excluding carboxylic acids is 1. The number of rotatable bonds is 5. The summed E-state index contributed by atoms with van der Waals surface area (Å²) in [6.07, 6.45) is 7.15. The first-order chi connectivity index (χ1) is 13.5. The molecule has 1 heterocycles. The van der Waals surface area contributed by atoms with Crippen LogP contribution >= 0.6 is 15.9 Å². The highest BCUT2D eigenvalue weighted by Crippen LogP contribution is 2.64. The maximum atomic E-state index is 13.3. The fourth-order valence-electron chi connectivity index (χ4n) is 6.70. The quantitative estimate of drug-likeness (QED) is 0.700. The number of hydrogen-bond acceptors (Lipinski definition) is 3. The first kappa shape index (κ1) is 19.1. The van der Waals surface area contributed by atoms with E-state index in [1.54, 1.807) is 0 Å². The number of benzene rings is 1. The molecule has 4 nitrogen and oxygen atoms in total. The lowest BCUT2D eigenvalue weighted by Gasteiger charge is -2.59. The van der Waals surface area contributed by atoms with Gasteiger partial charge in [-0.05, 0) is 55.9 Å². The van der Waals surface area contributed by atoms with Crippen molar-refractivity contribution in [1.82, 2.24) is 10.2 Å². The number of nitrogens with one attached hydrogen (secondary N) is 1. The van der Waals surface area contributed by atoms with Crippen LogP contribution in [0.25, 0.3) is 0 Å². The third kappa shape index (κ3) is 3.78. The van der Waals surface area contributed by atoms with Crippen LogP contribution in [0.2, 0.25) is 0 Å². The van der Waals surface area contributed by atoms with Gasteiger partial charge in [0.2, 0.25) is 5.91 Å². The van der Waals surface area contributed by atoms with Crippen molar-refractivity contribution in [1.29, 1.82) is 0 Å². The molecule has 0 spiro atoms. The van der Waals surface area contributed by atoms with Gasteiger partial charge in [-0.15, -0.1) is 0 Å². The molecule has 1 saturated heterocycles. The minimum absolute atomic E-state index is 0.0910. The average Bonchev–Trinajstić information content (AvgIpc) is 2.65. The van der Waals surface area contributed by atoms with Crippen LogP contribution in [0.15, 0.2) is 30.3 Å². The zero-order valence-electron chi connectivity index (χ0n) is 16.5. The second kappa shape index (κ2) is 7.41. The molecule has 1 aliphatic heterocycles. The number of hydrogen-bond donors (Lipinski definition) is 1. The molecule has 152 valence electrons. The van der Waals surface area contributed by atoms with Crippen LogP contribution in [0.3, 0.4) is 0 Å². The van der Waals surface area contributed by atoms with E-state index in [0.29, 0.717) is 6.54 Å². The number of alkyl halides is 1. The number of halogens is 1. The first-order valence-corrected chi connectivity index (χ1v) is 11.7. The summed E-state index contributed by atoms with van der Waals surface area (Å²) in [7, 11) is 0. The summed E-state index contributed by atoms with van der Waals surface area (Å²) in [6, 6.07) is 10.6. The van der Waals surface area contributed by atoms with Crippen molar-refractivity contribution < 1.29 is 9.53 Å². The summed E-state index contributed by atoms with van der Waals surface area (Å²) < 4.78 is 6.19. The average molecular weight is 447 g/mol. The van der Waals surface area contributed by atoms with Gasteiger partial charge in [-0.3, -0.25) is 9.69 Å². The van der Waals surface area contributed by atoms with Crippen molar-refractivity contribution in [2.24, 2.45) is 17.3 Å². The molecular weight excluding hydrogens is 416 g/mol. The third-order valence-corrected chi connectivity index (χ3v) is 8.36. The van der Waals surface area contributed by atoms with E-state index >= 15 is 0 Å². The third-order valence-electron chi connectivity index (χ3n) is 7.43. The maximum absolute atomic E-state index is 13.3. The molecule has 1 aromatic carbocycles. The Labute approximate surface area is 176 Å². The van der Waals surface area contributed by atoms with Gasteiger partial charge >= 0.3 is 0 Å². The van der Waals surface area contributed by atoms with Crippen molar-refractivity contribution in [3.63, 3.8) is 0 Å². The molecule has 1 amide bonds. The van der Waals surface area contributed by atoms with Gasteiger partial charge in [0, 0.05) is 30.5 Å². The topological polar surface area (TPSA) is 41.6 Å². The molecule has 5 fully saturated rings. The molecule has 1 aromatic rings. The SMILES string of the molecule is O=C(NCC1CN(Cc2ccccc2)CCO1)C12CC3CC(CC(Br)(C3)C1)C2. The molecule has 4 bridgehead atoms. The largest absolute Gasteiger partial charge is 0.374 e. The van der Waals surface area contributed by atoms with E-state index in [4.69, 9.17) is 4.74 Å². The summed E-state index contributed by atoms with van der Waals surface area (Å²) in [4.78, 5) is 15.7. The van der Waals surface area contributed by atoms with Crippen LogP contribution in [0.5, 0.6) is 0 Å². The Balaban J connectivity index is 1.17. The van der Waals surface area contributed by atoms with Gasteiger partial charge in [-0.2, -0.15) is 0 Å². The molecular formula is C23H31BrN2O2. The Morgan fingerprint density at radius 3 is 2.64 bits per heavy atom. The van der Waals surface area contributed by atoms with Crippen LogP contribution in [0, 0.1) is 17.3 Å². The summed E-state index contributed by atoms with van der Waals surface area (Å²) in [5.41, 5.74) is 1.20. The smallest absolute Gasteiger partial charge is 0.226 e. The summed E-state index contributed by atoms with van der Waals surface area (Å²) in [5, 5.41) is 3.30. The Bertz CT molecular complexity index is 711. The van der Waals surface area contributed by atoms with Crippen LogP contribution in [0.4, 0.5) is 0 Å². The predicted molar refractivity (Wildman–Crippen MR) is 113 cm³/mol. The Morgan fingerprint density at radius 2 is 1.93 bits per heavy atom. The van der Waals surface area contributed by atoms with Crippen LogP contribution in [-0.4, -0.2) is 47.5 Å². The predicted octanol–water partition coefficient (Wildman–Crippen LogP) is 3.74. The number of carbonyl (C=O) groups is 1. The fourth-order valence-corrected chi connectivity index (χ4v) is 8.15. The fraction of sp³-hybridized carbons (Fsp3) is 0.696. The minimum Gasteiger partial charge on any atom is -0.374 e. The van der Waals surface area contributed by atoms with Crippen molar-refractivity contribution in [3.05, 3.63) is 35.9 Å². The van der Waals surface area contributed by atoms with Gasteiger partial charge in [0.1, 0.15) is 0 Å². The van der Waals surface area contributed by atoms with Gasteiger partial charge in [0.25, 0.3) is 0 Å². The molecule has 3 unspecified atom stereocenters. The highest BCUT2D eigenvalue weighted by molar-refractivity contribution is 9.10. The first-order valence-electron chi connectivity index (χ1n) is 10.9. The Kier molecular flexibility index (Phi) is 5.05. The van der Waals surface area contributed by atoms with E-state index in [0.717, 1.165) is 57.3 Å². The minimum atomic E-state index is -0.133. The van der Waals surface area contributed by atoms with E-state index in [1.165, 1.54) is 24.8 Å². The van der Waals surface area contributed by atoms with Crippen molar-refractivity contribution in [3.8, 4) is 0 Å². The van der Waals surface area contributed by atoms with Gasteiger partial charge < -0.3 is 10.1 Å². The summed E-state index contributed by atoms with van der Waals surface area (Å²) >= 11 is 4.02. The zero-order chi connectivity index (χ0) is 19.2. The Morgan fingerprint density at radius 1 is 1.18 bits per heavy atom. The lowest BCUT2D eigenvalue weighted by molar-refractivity contribution is -0.145. The molecule has 4 aliphatic carbocycles. The van der Waals surface area contributed by atoms with E-state index in [2.05, 4.69) is 56.5 Å². The van der Waals surface area contributed by atoms with Gasteiger partial charge in [0.15, 0.2) is 0 Å². The second-order valence-corrected chi connectivity index (χ2v) is 11.5. The molecule has 3 atom stereocenters. The maximum Gasteiger partial charge on any atom is 0.226 e. The number of morpholine rings is 1. The van der Waals surface area contributed by atoms with E-state index in [1.807, 2.05) is 0 Å². The zero-order valence-corrected chi connectivity index (χ0v) is 18.1. The van der Waals surface area contributed by atoms with Gasteiger partial charge in [-0.1, -0.05) is 46.3 Å². The van der Waals surface area contributed by atoms with E-state index in [9.17, 15) is 4.79 Å². The molecule has 5 heteroatoms. The van der Waals surface area contributed by atoms with E-state index in [-0.39, 0.29) is 21.8 Å². The number of nitrogens with zero attached hydrogens (tertiary/aromatic N) is 1. The second-order valence-electron chi connectivity index (χ2n) is 9.82. The van der Waals surface area contributed by atoms with Crippen LogP contribution < -0.4 is 5.32 Å². The van der Waals surface area contributed by atoms with Crippen molar-refractivity contribution >= 4 is 21.8 Å². The monoisotopic (exact) mass is 446 g/mol. The van der Waals surface area contributed by atoms with Gasteiger partial charge in [0.05, 0.1) is 18.1 Å². The van der Waals surface area contributed by atoms with Crippen molar-refractivity contribution in [2.45, 2.75) is 55.5 Å². The normalized spacial score (nSPS) is 39.8. The van der Waals surface area contributed by atoms with Crippen LogP contribution in [0.1, 0.15) is 44.1 Å². The highest BCUT2D eigenvalue weighted by atomic mass is 79.9. The molecule has 1 N–H and O–H groups in total. The number of ether oxygens (including phenoxy) is 1. The molecule has 6 rings (SSSR count). The van der Waals surface area contributed by atoms with Gasteiger partial charge in [-0.25, -0.2) is 0 Å². The molecule has 0 aromatic heterocycles. The lowest BCUT2D eigenvalue weighted by atomic mass is 9.49. The number of amides is 1. The summed E-state index contributed by atoms with van der Waals surface area (Å²) in [6.45, 7) is 4.17. The Hall–Kier alpha value is -0.910.